The number of rotatable bonds is 7. The number of hydrogen-bond acceptors (Lipinski definition) is 3. The van der Waals surface area contributed by atoms with Crippen LogP contribution in [-0.2, 0) is 6.54 Å². The van der Waals surface area contributed by atoms with E-state index in [4.69, 9.17) is 0 Å². The Hall–Kier alpha value is -1.53. The molecule has 1 rings (SSSR count). The van der Waals surface area contributed by atoms with Crippen LogP contribution in [-0.4, -0.2) is 19.6 Å². The smallest absolute Gasteiger partial charge is 0.101 e. The summed E-state index contributed by atoms with van der Waals surface area (Å²) in [6.45, 7) is 10.5. The van der Waals surface area contributed by atoms with Crippen LogP contribution in [0.15, 0.2) is 18.2 Å². The van der Waals surface area contributed by atoms with Gasteiger partial charge in [-0.15, -0.1) is 0 Å². The number of benzene rings is 1. The largest absolute Gasteiger partial charge is 0.374 e. The highest BCUT2D eigenvalue weighted by atomic mass is 15.1. The van der Waals surface area contributed by atoms with Crippen molar-refractivity contribution in [3.63, 3.8) is 0 Å². The van der Waals surface area contributed by atoms with Gasteiger partial charge in [0, 0.05) is 26.2 Å². The molecule has 0 heterocycles. The molecule has 1 aromatic rings. The number of anilines is 1. The van der Waals surface area contributed by atoms with E-state index in [0.29, 0.717) is 12.0 Å². The molecule has 0 atom stereocenters. The molecule has 0 unspecified atom stereocenters. The molecule has 1 aromatic carbocycles. The molecule has 0 aromatic heterocycles. The van der Waals surface area contributed by atoms with E-state index in [9.17, 15) is 5.26 Å². The fourth-order valence-electron chi connectivity index (χ4n) is 2.01. The summed E-state index contributed by atoms with van der Waals surface area (Å²) in [5.74, 6) is 0.678. The van der Waals surface area contributed by atoms with Gasteiger partial charge >= 0.3 is 0 Å². The molecular weight excluding hydrogens is 246 g/mol. The predicted octanol–water partition coefficient (Wildman–Crippen LogP) is 3.54. The van der Waals surface area contributed by atoms with Crippen molar-refractivity contribution < 1.29 is 0 Å². The van der Waals surface area contributed by atoms with E-state index in [2.05, 4.69) is 63.2 Å². The number of nitriles is 1. The average Bonchev–Trinajstić information content (AvgIpc) is 2.42. The fraction of sp³-hybridized carbons (Fsp3) is 0.588. The Morgan fingerprint density at radius 1 is 1.25 bits per heavy atom. The molecule has 0 fully saturated rings. The summed E-state index contributed by atoms with van der Waals surface area (Å²) in [6.07, 6.45) is 1.14. The molecule has 0 spiro atoms. The summed E-state index contributed by atoms with van der Waals surface area (Å²) >= 11 is 0. The van der Waals surface area contributed by atoms with Gasteiger partial charge in [-0.3, -0.25) is 0 Å². The van der Waals surface area contributed by atoms with Crippen molar-refractivity contribution in [3.8, 4) is 6.07 Å². The second kappa shape index (κ2) is 7.91. The fourth-order valence-corrected chi connectivity index (χ4v) is 2.01. The van der Waals surface area contributed by atoms with Crippen LogP contribution in [0.3, 0.4) is 0 Å². The molecule has 0 saturated heterocycles. The van der Waals surface area contributed by atoms with E-state index >= 15 is 0 Å². The lowest BCUT2D eigenvalue weighted by Gasteiger charge is -2.22. The topological polar surface area (TPSA) is 39.1 Å². The number of hydrogen-bond donors (Lipinski definition) is 1. The molecule has 0 aliphatic rings. The van der Waals surface area contributed by atoms with Crippen molar-refractivity contribution >= 4 is 5.69 Å². The third-order valence-electron chi connectivity index (χ3n) is 3.35. The van der Waals surface area contributed by atoms with Crippen LogP contribution in [0.4, 0.5) is 5.69 Å². The Morgan fingerprint density at radius 2 is 1.95 bits per heavy atom. The van der Waals surface area contributed by atoms with Crippen molar-refractivity contribution in [2.24, 2.45) is 5.92 Å². The molecule has 0 amide bonds. The van der Waals surface area contributed by atoms with E-state index in [0.717, 1.165) is 36.3 Å². The number of nitrogens with zero attached hydrogens (tertiary/aromatic N) is 2. The van der Waals surface area contributed by atoms with E-state index in [1.807, 2.05) is 6.07 Å². The zero-order valence-corrected chi connectivity index (χ0v) is 13.4. The van der Waals surface area contributed by atoms with Crippen LogP contribution in [0, 0.1) is 17.2 Å². The van der Waals surface area contributed by atoms with Crippen LogP contribution >= 0.6 is 0 Å². The molecule has 0 aliphatic carbocycles. The van der Waals surface area contributed by atoms with Gasteiger partial charge in [-0.25, -0.2) is 0 Å². The maximum absolute atomic E-state index is 9.35. The normalized spacial score (nSPS) is 10.9. The van der Waals surface area contributed by atoms with Crippen LogP contribution in [0.2, 0.25) is 0 Å². The molecule has 0 radical (unpaired) electrons. The molecule has 0 aliphatic heterocycles. The second-order valence-electron chi connectivity index (χ2n) is 6.10. The minimum Gasteiger partial charge on any atom is -0.374 e. The Labute approximate surface area is 123 Å². The lowest BCUT2D eigenvalue weighted by molar-refractivity contribution is 0.584. The first-order valence-corrected chi connectivity index (χ1v) is 7.41. The van der Waals surface area contributed by atoms with Crippen LogP contribution in [0.5, 0.6) is 0 Å². The summed E-state index contributed by atoms with van der Waals surface area (Å²) in [6, 6.07) is 8.95. The maximum Gasteiger partial charge on any atom is 0.101 e. The number of nitrogens with one attached hydrogen (secondary N) is 1. The molecule has 110 valence electrons. The minimum absolute atomic E-state index is 0.453. The summed E-state index contributed by atoms with van der Waals surface area (Å²) in [5, 5.41) is 12.7. The van der Waals surface area contributed by atoms with Gasteiger partial charge in [0.2, 0.25) is 0 Å². The van der Waals surface area contributed by atoms with Crippen molar-refractivity contribution in [1.29, 1.82) is 5.26 Å². The maximum atomic E-state index is 9.35. The van der Waals surface area contributed by atoms with Gasteiger partial charge in [-0.05, 0) is 30.0 Å². The molecule has 3 nitrogen and oxygen atoms in total. The van der Waals surface area contributed by atoms with Crippen molar-refractivity contribution in [2.45, 2.75) is 46.7 Å². The second-order valence-corrected chi connectivity index (χ2v) is 6.10. The third kappa shape index (κ3) is 5.22. The summed E-state index contributed by atoms with van der Waals surface area (Å²) in [4.78, 5) is 2.18. The minimum atomic E-state index is 0.453. The quantitative estimate of drug-likeness (QED) is 0.826. The van der Waals surface area contributed by atoms with Crippen molar-refractivity contribution in [1.82, 2.24) is 5.32 Å². The molecule has 0 saturated carbocycles. The highest BCUT2D eigenvalue weighted by molar-refractivity contribution is 5.60. The van der Waals surface area contributed by atoms with Gasteiger partial charge in [0.1, 0.15) is 6.07 Å². The molecule has 0 bridgehead atoms. The average molecular weight is 273 g/mol. The first kappa shape index (κ1) is 16.5. The first-order chi connectivity index (χ1) is 9.43. The highest BCUT2D eigenvalue weighted by Crippen LogP contribution is 2.21. The summed E-state index contributed by atoms with van der Waals surface area (Å²) in [5.41, 5.74) is 2.96. The Balaban J connectivity index is 2.80. The van der Waals surface area contributed by atoms with E-state index in [-0.39, 0.29) is 0 Å². The zero-order chi connectivity index (χ0) is 15.1. The van der Waals surface area contributed by atoms with E-state index < -0.39 is 0 Å². The molecule has 1 N–H and O–H groups in total. The van der Waals surface area contributed by atoms with E-state index in [1.165, 1.54) is 0 Å². The third-order valence-corrected chi connectivity index (χ3v) is 3.35. The van der Waals surface area contributed by atoms with Crippen molar-refractivity contribution in [3.05, 3.63) is 29.3 Å². The van der Waals surface area contributed by atoms with Crippen molar-refractivity contribution in [2.75, 3.05) is 18.5 Å². The lowest BCUT2D eigenvalue weighted by atomic mass is 10.1. The Kier molecular flexibility index (Phi) is 6.54. The summed E-state index contributed by atoms with van der Waals surface area (Å²) in [7, 11) is 2.06. The van der Waals surface area contributed by atoms with Crippen LogP contribution in [0.25, 0.3) is 0 Å². The standard InChI is InChI=1S/C17H27N3/c1-13(2)8-9-20(5)17-7-6-15(10-16(17)11-18)12-19-14(3)4/h6-7,10,13-14,19H,8-9,12H2,1-5H3. The Morgan fingerprint density at radius 3 is 2.50 bits per heavy atom. The van der Waals surface area contributed by atoms with Gasteiger partial charge in [-0.2, -0.15) is 5.26 Å². The lowest BCUT2D eigenvalue weighted by Crippen LogP contribution is -2.23. The van der Waals surface area contributed by atoms with Crippen LogP contribution < -0.4 is 10.2 Å². The molecular formula is C17H27N3. The van der Waals surface area contributed by atoms with E-state index in [1.54, 1.807) is 0 Å². The Bertz CT molecular complexity index is 458. The van der Waals surface area contributed by atoms with Gasteiger partial charge < -0.3 is 10.2 Å². The van der Waals surface area contributed by atoms with Gasteiger partial charge in [0.15, 0.2) is 0 Å². The monoisotopic (exact) mass is 273 g/mol. The summed E-state index contributed by atoms with van der Waals surface area (Å²) < 4.78 is 0. The van der Waals surface area contributed by atoms with Gasteiger partial charge in [-0.1, -0.05) is 33.8 Å². The van der Waals surface area contributed by atoms with Gasteiger partial charge in [0.25, 0.3) is 0 Å². The predicted molar refractivity (Wildman–Crippen MR) is 85.9 cm³/mol. The van der Waals surface area contributed by atoms with Gasteiger partial charge in [0.05, 0.1) is 11.3 Å². The first-order valence-electron chi connectivity index (χ1n) is 7.41. The zero-order valence-electron chi connectivity index (χ0n) is 13.4. The molecule has 20 heavy (non-hydrogen) atoms. The molecule has 3 heteroatoms. The van der Waals surface area contributed by atoms with Crippen LogP contribution in [0.1, 0.15) is 45.2 Å². The highest BCUT2D eigenvalue weighted by Gasteiger charge is 2.09. The SMILES string of the molecule is CC(C)CCN(C)c1ccc(CNC(C)C)cc1C#N.